The van der Waals surface area contributed by atoms with Crippen molar-refractivity contribution in [3.63, 3.8) is 0 Å². The molecule has 0 saturated carbocycles. The summed E-state index contributed by atoms with van der Waals surface area (Å²) in [6, 6.07) is 19.4. The van der Waals surface area contributed by atoms with E-state index in [1.807, 2.05) is 60.7 Å². The fraction of sp³-hybridized carbons (Fsp3) is 0.316. The van der Waals surface area contributed by atoms with Crippen molar-refractivity contribution in [2.75, 3.05) is 13.2 Å². The van der Waals surface area contributed by atoms with E-state index in [1.54, 1.807) is 4.90 Å². The Morgan fingerprint density at radius 2 is 1.71 bits per heavy atom. The molecule has 0 bridgehead atoms. The van der Waals surface area contributed by atoms with E-state index in [4.69, 9.17) is 4.74 Å². The van der Waals surface area contributed by atoms with E-state index in [-0.39, 0.29) is 11.3 Å². The van der Waals surface area contributed by atoms with Crippen LogP contribution in [0.2, 0.25) is 0 Å². The van der Waals surface area contributed by atoms with Crippen molar-refractivity contribution >= 4 is 16.7 Å². The van der Waals surface area contributed by atoms with Gasteiger partial charge in [-0.3, -0.25) is 9.00 Å². The van der Waals surface area contributed by atoms with Crippen LogP contribution in [-0.4, -0.2) is 33.5 Å². The van der Waals surface area contributed by atoms with Gasteiger partial charge in [-0.05, 0) is 24.1 Å². The van der Waals surface area contributed by atoms with Gasteiger partial charge in [-0.25, -0.2) is 0 Å². The standard InChI is InChI=1S/C19H21NO3S/c21-18-14-19(24(22)15-16-8-3-1-4-9-16)20(18)12-7-13-23-17-10-5-2-6-11-17/h1-6,8-11,19H,7,12-15H2. The fourth-order valence-corrected chi connectivity index (χ4v) is 4.25. The molecule has 5 heteroatoms. The van der Waals surface area contributed by atoms with Gasteiger partial charge in [0.05, 0.1) is 18.8 Å². The molecule has 1 fully saturated rings. The van der Waals surface area contributed by atoms with Crippen LogP contribution in [0.3, 0.4) is 0 Å². The first-order valence-electron chi connectivity index (χ1n) is 8.12. The van der Waals surface area contributed by atoms with Gasteiger partial charge in [0, 0.05) is 17.3 Å². The Balaban J connectivity index is 1.44. The predicted octanol–water partition coefficient (Wildman–Crippen LogP) is 2.96. The van der Waals surface area contributed by atoms with Crippen LogP contribution < -0.4 is 4.74 Å². The molecule has 2 aromatic carbocycles. The number of hydrogen-bond donors (Lipinski definition) is 0. The average Bonchev–Trinajstić information content (AvgIpc) is 2.61. The lowest BCUT2D eigenvalue weighted by atomic mass is 10.2. The lowest BCUT2D eigenvalue weighted by Gasteiger charge is -2.39. The van der Waals surface area contributed by atoms with Crippen LogP contribution in [-0.2, 0) is 21.3 Å². The van der Waals surface area contributed by atoms with Gasteiger partial charge in [-0.2, -0.15) is 0 Å². The second-order valence-corrected chi connectivity index (χ2v) is 7.37. The van der Waals surface area contributed by atoms with E-state index < -0.39 is 10.8 Å². The van der Waals surface area contributed by atoms with E-state index in [9.17, 15) is 9.00 Å². The highest BCUT2D eigenvalue weighted by Crippen LogP contribution is 2.24. The summed E-state index contributed by atoms with van der Waals surface area (Å²) in [4.78, 5) is 13.5. The van der Waals surface area contributed by atoms with Gasteiger partial charge < -0.3 is 9.64 Å². The normalized spacial score (nSPS) is 18.1. The molecule has 1 aliphatic heterocycles. The van der Waals surface area contributed by atoms with Crippen LogP contribution in [0.4, 0.5) is 0 Å². The molecule has 1 amide bonds. The summed E-state index contributed by atoms with van der Waals surface area (Å²) in [6.45, 7) is 1.14. The fourth-order valence-electron chi connectivity index (χ4n) is 2.70. The van der Waals surface area contributed by atoms with Crippen LogP contribution in [0.5, 0.6) is 5.75 Å². The third-order valence-corrected chi connectivity index (χ3v) is 5.67. The molecular formula is C19H21NO3S. The van der Waals surface area contributed by atoms with Crippen molar-refractivity contribution in [2.24, 2.45) is 0 Å². The number of amides is 1. The van der Waals surface area contributed by atoms with Crippen LogP contribution >= 0.6 is 0 Å². The molecular weight excluding hydrogens is 322 g/mol. The van der Waals surface area contributed by atoms with Crippen molar-refractivity contribution in [3.8, 4) is 5.75 Å². The number of carbonyl (C=O) groups excluding carboxylic acids is 1. The molecule has 1 heterocycles. The number of β-lactam (4-membered cyclic amide) rings is 1. The van der Waals surface area contributed by atoms with Crippen molar-refractivity contribution in [1.82, 2.24) is 4.90 Å². The van der Waals surface area contributed by atoms with Crippen LogP contribution in [0.1, 0.15) is 18.4 Å². The smallest absolute Gasteiger partial charge is 0.226 e. The SMILES string of the molecule is O=C1CC(S(=O)Cc2ccccc2)N1CCCOc1ccccc1. The minimum absolute atomic E-state index is 0.0844. The largest absolute Gasteiger partial charge is 0.494 e. The van der Waals surface area contributed by atoms with E-state index in [0.29, 0.717) is 25.3 Å². The molecule has 0 N–H and O–H groups in total. The lowest BCUT2D eigenvalue weighted by Crippen LogP contribution is -2.55. The first-order valence-corrected chi connectivity index (χ1v) is 9.50. The quantitative estimate of drug-likeness (QED) is 0.547. The van der Waals surface area contributed by atoms with Crippen molar-refractivity contribution < 1.29 is 13.7 Å². The molecule has 2 unspecified atom stereocenters. The molecule has 1 aliphatic rings. The number of carbonyl (C=O) groups is 1. The minimum atomic E-state index is -1.06. The molecule has 0 aromatic heterocycles. The number of para-hydroxylation sites is 1. The highest BCUT2D eigenvalue weighted by atomic mass is 32.2. The van der Waals surface area contributed by atoms with Gasteiger partial charge in [0.1, 0.15) is 11.1 Å². The Hall–Kier alpha value is -2.14. The number of ether oxygens (including phenoxy) is 1. The third-order valence-electron chi connectivity index (χ3n) is 4.03. The Kier molecular flexibility index (Phi) is 5.64. The summed E-state index contributed by atoms with van der Waals surface area (Å²) in [5.41, 5.74) is 1.04. The summed E-state index contributed by atoms with van der Waals surface area (Å²) in [5, 5.41) is -0.158. The minimum Gasteiger partial charge on any atom is -0.494 e. The molecule has 4 nitrogen and oxygen atoms in total. The number of likely N-dealkylation sites (tertiary alicyclic amines) is 1. The highest BCUT2D eigenvalue weighted by molar-refractivity contribution is 7.84. The maximum atomic E-state index is 12.5. The first kappa shape index (κ1) is 16.7. The highest BCUT2D eigenvalue weighted by Gasteiger charge is 2.39. The van der Waals surface area contributed by atoms with E-state index in [1.165, 1.54) is 0 Å². The number of rotatable bonds is 8. The zero-order chi connectivity index (χ0) is 16.8. The zero-order valence-electron chi connectivity index (χ0n) is 13.5. The van der Waals surface area contributed by atoms with E-state index in [2.05, 4.69) is 0 Å². The summed E-state index contributed by atoms with van der Waals surface area (Å²) in [5.74, 6) is 1.41. The lowest BCUT2D eigenvalue weighted by molar-refractivity contribution is -0.141. The summed E-state index contributed by atoms with van der Waals surface area (Å²) in [6.07, 6.45) is 1.12. The number of hydrogen-bond acceptors (Lipinski definition) is 3. The maximum absolute atomic E-state index is 12.5. The Morgan fingerprint density at radius 1 is 1.04 bits per heavy atom. The van der Waals surface area contributed by atoms with Gasteiger partial charge in [0.15, 0.2) is 0 Å². The topological polar surface area (TPSA) is 46.6 Å². The second kappa shape index (κ2) is 8.11. The molecule has 0 spiro atoms. The van der Waals surface area contributed by atoms with Crippen LogP contribution in [0.15, 0.2) is 60.7 Å². The van der Waals surface area contributed by atoms with Crippen molar-refractivity contribution in [2.45, 2.75) is 24.0 Å². The number of nitrogens with zero attached hydrogens (tertiary/aromatic N) is 1. The van der Waals surface area contributed by atoms with Gasteiger partial charge in [-0.1, -0.05) is 48.5 Å². The third kappa shape index (κ3) is 4.23. The molecule has 0 aliphatic carbocycles. The molecule has 0 radical (unpaired) electrons. The maximum Gasteiger partial charge on any atom is 0.226 e. The van der Waals surface area contributed by atoms with E-state index in [0.717, 1.165) is 17.7 Å². The van der Waals surface area contributed by atoms with Gasteiger partial charge in [0.25, 0.3) is 0 Å². The summed E-state index contributed by atoms with van der Waals surface area (Å²) < 4.78 is 18.1. The van der Waals surface area contributed by atoms with Crippen molar-refractivity contribution in [1.29, 1.82) is 0 Å². The molecule has 2 aromatic rings. The summed E-state index contributed by atoms with van der Waals surface area (Å²) in [7, 11) is -1.06. The molecule has 126 valence electrons. The zero-order valence-corrected chi connectivity index (χ0v) is 14.3. The average molecular weight is 343 g/mol. The number of benzene rings is 2. The predicted molar refractivity (Wildman–Crippen MR) is 95.0 cm³/mol. The Morgan fingerprint density at radius 3 is 2.38 bits per heavy atom. The second-order valence-electron chi connectivity index (χ2n) is 5.77. The van der Waals surface area contributed by atoms with Gasteiger partial charge in [0.2, 0.25) is 5.91 Å². The molecule has 3 rings (SSSR count). The van der Waals surface area contributed by atoms with Crippen LogP contribution in [0, 0.1) is 0 Å². The molecule has 1 saturated heterocycles. The molecule has 2 atom stereocenters. The van der Waals surface area contributed by atoms with Gasteiger partial charge in [-0.15, -0.1) is 0 Å². The first-order chi connectivity index (χ1) is 11.7. The Labute approximate surface area is 144 Å². The summed E-state index contributed by atoms with van der Waals surface area (Å²) >= 11 is 0. The van der Waals surface area contributed by atoms with Gasteiger partial charge >= 0.3 is 0 Å². The van der Waals surface area contributed by atoms with E-state index >= 15 is 0 Å². The van der Waals surface area contributed by atoms with Crippen molar-refractivity contribution in [3.05, 3.63) is 66.2 Å². The molecule has 24 heavy (non-hydrogen) atoms. The van der Waals surface area contributed by atoms with Crippen LogP contribution in [0.25, 0.3) is 0 Å². The Bertz CT molecular complexity index is 690. The monoisotopic (exact) mass is 343 g/mol.